The average molecular weight is 350 g/mol. The summed E-state index contributed by atoms with van der Waals surface area (Å²) in [5, 5.41) is 3.96. The van der Waals surface area contributed by atoms with Crippen molar-refractivity contribution in [1.29, 1.82) is 0 Å². The van der Waals surface area contributed by atoms with E-state index in [1.54, 1.807) is 30.6 Å². The molecule has 1 N–H and O–H groups in total. The maximum atomic E-state index is 14.6. The van der Waals surface area contributed by atoms with Crippen molar-refractivity contribution >= 4 is 22.4 Å². The number of nitrogens with one attached hydrogen (secondary N) is 1. The molecule has 0 saturated heterocycles. The minimum Gasteiger partial charge on any atom is -0.323 e. The standard InChI is InChI=1S/C22H21FN2O.H2/c1-2-4-14-5-3-6-15(11-14)18-12-19(18)22(26)25-20-8-7-16-13-24-10-9-17(16)21(20)23;/h3,5-11,13,18-19H,2,4,12H2,1H3,(H,25,26);1H. The van der Waals surface area contributed by atoms with Gasteiger partial charge in [-0.15, -0.1) is 0 Å². The molecule has 1 aliphatic rings. The van der Waals surface area contributed by atoms with E-state index in [9.17, 15) is 9.18 Å². The number of benzene rings is 2. The third-order valence-corrected chi connectivity index (χ3v) is 5.06. The van der Waals surface area contributed by atoms with Crippen LogP contribution >= 0.6 is 0 Å². The summed E-state index contributed by atoms with van der Waals surface area (Å²) in [7, 11) is 0. The van der Waals surface area contributed by atoms with Crippen LogP contribution in [0.25, 0.3) is 10.8 Å². The summed E-state index contributed by atoms with van der Waals surface area (Å²) in [6.07, 6.45) is 6.14. The van der Waals surface area contributed by atoms with Crippen molar-refractivity contribution in [2.45, 2.75) is 32.1 Å². The third kappa shape index (κ3) is 3.19. The second-order valence-corrected chi connectivity index (χ2v) is 6.96. The van der Waals surface area contributed by atoms with Crippen LogP contribution in [-0.2, 0) is 11.2 Å². The number of aryl methyl sites for hydroxylation is 1. The highest BCUT2D eigenvalue weighted by atomic mass is 19.1. The zero-order valence-electron chi connectivity index (χ0n) is 14.7. The molecule has 3 aromatic rings. The van der Waals surface area contributed by atoms with E-state index in [2.05, 4.69) is 41.5 Å². The summed E-state index contributed by atoms with van der Waals surface area (Å²) in [5.41, 5.74) is 2.76. The van der Waals surface area contributed by atoms with Crippen LogP contribution in [-0.4, -0.2) is 10.9 Å². The molecule has 1 aromatic heterocycles. The summed E-state index contributed by atoms with van der Waals surface area (Å²) in [4.78, 5) is 16.6. The van der Waals surface area contributed by atoms with Crippen LogP contribution in [0.5, 0.6) is 0 Å². The highest BCUT2D eigenvalue weighted by Crippen LogP contribution is 2.48. The molecule has 0 aliphatic heterocycles. The second kappa shape index (κ2) is 6.87. The first-order valence-corrected chi connectivity index (χ1v) is 9.09. The van der Waals surface area contributed by atoms with Crippen molar-refractivity contribution in [3.63, 3.8) is 0 Å². The lowest BCUT2D eigenvalue weighted by molar-refractivity contribution is -0.117. The van der Waals surface area contributed by atoms with Crippen LogP contribution in [0, 0.1) is 11.7 Å². The van der Waals surface area contributed by atoms with Gasteiger partial charge in [-0.2, -0.15) is 0 Å². The lowest BCUT2D eigenvalue weighted by Crippen LogP contribution is -2.15. The number of nitrogens with zero attached hydrogens (tertiary/aromatic N) is 1. The number of carbonyl (C=O) groups is 1. The lowest BCUT2D eigenvalue weighted by Gasteiger charge is -2.09. The van der Waals surface area contributed by atoms with Gasteiger partial charge in [0.2, 0.25) is 5.91 Å². The van der Waals surface area contributed by atoms with Crippen LogP contribution in [0.2, 0.25) is 0 Å². The largest absolute Gasteiger partial charge is 0.323 e. The third-order valence-electron chi connectivity index (χ3n) is 5.06. The molecule has 0 radical (unpaired) electrons. The molecule has 3 nitrogen and oxygen atoms in total. The molecule has 2 aromatic carbocycles. The van der Waals surface area contributed by atoms with E-state index in [1.807, 2.05) is 0 Å². The number of pyridine rings is 1. The van der Waals surface area contributed by atoms with E-state index in [0.717, 1.165) is 24.6 Å². The van der Waals surface area contributed by atoms with Gasteiger partial charge in [0, 0.05) is 30.5 Å². The summed E-state index contributed by atoms with van der Waals surface area (Å²) >= 11 is 0. The van der Waals surface area contributed by atoms with E-state index < -0.39 is 5.82 Å². The molecular formula is C22H23FN2O. The Morgan fingerprint density at radius 1 is 1.31 bits per heavy atom. The fraction of sp³-hybridized carbons (Fsp3) is 0.273. The first-order valence-electron chi connectivity index (χ1n) is 9.09. The lowest BCUT2D eigenvalue weighted by atomic mass is 10.0. The van der Waals surface area contributed by atoms with Crippen LogP contribution in [0.15, 0.2) is 54.9 Å². The summed E-state index contributed by atoms with van der Waals surface area (Å²) < 4.78 is 14.6. The van der Waals surface area contributed by atoms with Crippen molar-refractivity contribution in [3.8, 4) is 0 Å². The second-order valence-electron chi connectivity index (χ2n) is 6.96. The molecule has 0 spiro atoms. The molecule has 1 heterocycles. The number of amides is 1. The molecule has 1 fully saturated rings. The minimum atomic E-state index is -0.402. The van der Waals surface area contributed by atoms with E-state index in [4.69, 9.17) is 0 Å². The monoisotopic (exact) mass is 350 g/mol. The fourth-order valence-corrected chi connectivity index (χ4v) is 3.57. The number of fused-ring (bicyclic) bond motifs is 1. The van der Waals surface area contributed by atoms with Crippen LogP contribution in [0.1, 0.15) is 38.2 Å². The maximum absolute atomic E-state index is 14.6. The Hall–Kier alpha value is -2.75. The highest BCUT2D eigenvalue weighted by molar-refractivity contribution is 5.97. The smallest absolute Gasteiger partial charge is 0.228 e. The van der Waals surface area contributed by atoms with Gasteiger partial charge in [0.15, 0.2) is 5.82 Å². The van der Waals surface area contributed by atoms with E-state index >= 15 is 0 Å². The Labute approximate surface area is 153 Å². The zero-order chi connectivity index (χ0) is 18.1. The van der Waals surface area contributed by atoms with Gasteiger partial charge in [0.05, 0.1) is 5.69 Å². The molecule has 2 atom stereocenters. The number of hydrogen-bond donors (Lipinski definition) is 1. The maximum Gasteiger partial charge on any atom is 0.228 e. The average Bonchev–Trinajstić information content (AvgIpc) is 3.46. The number of carbonyl (C=O) groups excluding carboxylic acids is 1. The van der Waals surface area contributed by atoms with Gasteiger partial charge in [-0.3, -0.25) is 9.78 Å². The van der Waals surface area contributed by atoms with E-state index in [0.29, 0.717) is 5.39 Å². The summed E-state index contributed by atoms with van der Waals surface area (Å²) in [6.45, 7) is 2.16. The van der Waals surface area contributed by atoms with Gasteiger partial charge in [-0.1, -0.05) is 43.7 Å². The molecular weight excluding hydrogens is 327 g/mol. The minimum absolute atomic E-state index is 0. The zero-order valence-corrected chi connectivity index (χ0v) is 14.7. The fourth-order valence-electron chi connectivity index (χ4n) is 3.57. The van der Waals surface area contributed by atoms with Gasteiger partial charge in [0.1, 0.15) is 0 Å². The molecule has 134 valence electrons. The van der Waals surface area contributed by atoms with E-state index in [-0.39, 0.29) is 24.9 Å². The van der Waals surface area contributed by atoms with Crippen LogP contribution in [0.4, 0.5) is 10.1 Å². The first-order chi connectivity index (χ1) is 12.7. The van der Waals surface area contributed by atoms with Gasteiger partial charge >= 0.3 is 0 Å². The molecule has 4 rings (SSSR count). The summed E-state index contributed by atoms with van der Waals surface area (Å²) in [5.74, 6) is -0.359. The van der Waals surface area contributed by atoms with Crippen molar-refractivity contribution in [3.05, 3.63) is 71.8 Å². The highest BCUT2D eigenvalue weighted by Gasteiger charge is 2.44. The Bertz CT molecular complexity index is 975. The summed E-state index contributed by atoms with van der Waals surface area (Å²) in [6, 6.07) is 13.5. The van der Waals surface area contributed by atoms with Crippen molar-refractivity contribution < 1.29 is 10.6 Å². The van der Waals surface area contributed by atoms with Crippen LogP contribution < -0.4 is 5.32 Å². The molecule has 1 saturated carbocycles. The van der Waals surface area contributed by atoms with Crippen molar-refractivity contribution in [2.75, 3.05) is 5.32 Å². The molecule has 1 amide bonds. The van der Waals surface area contributed by atoms with Crippen LogP contribution in [0.3, 0.4) is 0 Å². The Kier molecular flexibility index (Phi) is 4.41. The van der Waals surface area contributed by atoms with Gasteiger partial charge in [-0.25, -0.2) is 4.39 Å². The quantitative estimate of drug-likeness (QED) is 0.677. The normalized spacial score (nSPS) is 18.7. The number of anilines is 1. The Morgan fingerprint density at radius 2 is 2.19 bits per heavy atom. The predicted molar refractivity (Wildman–Crippen MR) is 104 cm³/mol. The SMILES string of the molecule is CCCc1cccc(C2CC2C(=O)Nc2ccc3cnccc3c2F)c1.[HH]. The molecule has 4 heteroatoms. The predicted octanol–water partition coefficient (Wildman–Crippen LogP) is 5.31. The Morgan fingerprint density at radius 3 is 3.04 bits per heavy atom. The first kappa shape index (κ1) is 16.7. The number of hydrogen-bond acceptors (Lipinski definition) is 2. The van der Waals surface area contributed by atoms with Gasteiger partial charge in [-0.05, 0) is 42.0 Å². The Balaban J connectivity index is 0.00000210. The van der Waals surface area contributed by atoms with Crippen molar-refractivity contribution in [2.24, 2.45) is 5.92 Å². The topological polar surface area (TPSA) is 42.0 Å². The van der Waals surface area contributed by atoms with E-state index in [1.165, 1.54) is 11.1 Å². The van der Waals surface area contributed by atoms with Gasteiger partial charge < -0.3 is 5.32 Å². The molecule has 1 aliphatic carbocycles. The van der Waals surface area contributed by atoms with Crippen molar-refractivity contribution in [1.82, 2.24) is 4.98 Å². The number of rotatable bonds is 5. The van der Waals surface area contributed by atoms with Gasteiger partial charge in [0.25, 0.3) is 0 Å². The molecule has 2 unspecified atom stereocenters. The number of aromatic nitrogens is 1. The number of halogens is 1. The molecule has 26 heavy (non-hydrogen) atoms. The molecule has 0 bridgehead atoms.